The summed E-state index contributed by atoms with van der Waals surface area (Å²) >= 11 is 0. The molecule has 4 rings (SSSR count). The van der Waals surface area contributed by atoms with E-state index in [9.17, 15) is 14.4 Å². The van der Waals surface area contributed by atoms with Gasteiger partial charge in [0.05, 0.1) is 12.6 Å². The predicted molar refractivity (Wildman–Crippen MR) is 164 cm³/mol. The number of benzene rings is 1. The minimum atomic E-state index is -0.788. The van der Waals surface area contributed by atoms with Crippen LogP contribution in [0.1, 0.15) is 89.3 Å². The van der Waals surface area contributed by atoms with Gasteiger partial charge in [-0.3, -0.25) is 14.6 Å². The van der Waals surface area contributed by atoms with Gasteiger partial charge in [-0.05, 0) is 109 Å². The van der Waals surface area contributed by atoms with Crippen molar-refractivity contribution in [1.82, 2.24) is 10.6 Å². The van der Waals surface area contributed by atoms with Crippen LogP contribution < -0.4 is 32.6 Å². The highest BCUT2D eigenvalue weighted by Gasteiger charge is 2.61. The van der Waals surface area contributed by atoms with Gasteiger partial charge in [-0.2, -0.15) is 0 Å². The molecule has 2 amide bonds. The van der Waals surface area contributed by atoms with Crippen molar-refractivity contribution in [3.8, 4) is 5.75 Å². The molecular weight excluding hydrogens is 532 g/mol. The SMILES string of the molecule is Cc1cc(OC(=O)CNC(=O)CNC(=O)C(N)CCCN=C(N)N)cc2c1[C@]1(C)CC[C@H]3C(C)(C)CCC[C@]3(C)[C@H]1C2. The predicted octanol–water partition coefficient (Wildman–Crippen LogP) is 2.57. The molecule has 1 aromatic rings. The maximum absolute atomic E-state index is 12.6. The molecule has 0 spiro atoms. The zero-order chi connectivity index (χ0) is 30.9. The van der Waals surface area contributed by atoms with Gasteiger partial charge in [0.1, 0.15) is 12.3 Å². The molecule has 42 heavy (non-hydrogen) atoms. The maximum atomic E-state index is 12.6. The zero-order valence-electron chi connectivity index (χ0n) is 26.0. The van der Waals surface area contributed by atoms with Crippen molar-refractivity contribution in [3.05, 3.63) is 28.8 Å². The molecule has 0 heterocycles. The van der Waals surface area contributed by atoms with Gasteiger partial charge in [-0.1, -0.05) is 34.1 Å². The molecule has 10 heteroatoms. The summed E-state index contributed by atoms with van der Waals surface area (Å²) in [4.78, 5) is 40.8. The van der Waals surface area contributed by atoms with Crippen LogP contribution in [0.4, 0.5) is 0 Å². The summed E-state index contributed by atoms with van der Waals surface area (Å²) in [6, 6.07) is 3.21. The van der Waals surface area contributed by atoms with Crippen LogP contribution in [0.3, 0.4) is 0 Å². The zero-order valence-corrected chi connectivity index (χ0v) is 26.0. The number of carbonyl (C=O) groups excluding carboxylic acids is 3. The molecule has 232 valence electrons. The van der Waals surface area contributed by atoms with E-state index in [4.69, 9.17) is 21.9 Å². The number of nitrogens with zero attached hydrogens (tertiary/aromatic N) is 1. The first-order valence-electron chi connectivity index (χ1n) is 15.4. The highest BCUT2D eigenvalue weighted by molar-refractivity contribution is 5.89. The lowest BCUT2D eigenvalue weighted by Crippen LogP contribution is -2.55. The summed E-state index contributed by atoms with van der Waals surface area (Å²) < 4.78 is 5.67. The van der Waals surface area contributed by atoms with Crippen LogP contribution in [-0.4, -0.2) is 49.4 Å². The number of guanidine groups is 1. The number of ether oxygens (including phenoxy) is 1. The summed E-state index contributed by atoms with van der Waals surface area (Å²) in [6.07, 6.45) is 8.24. The molecule has 5 atom stereocenters. The van der Waals surface area contributed by atoms with Crippen LogP contribution in [-0.2, 0) is 26.2 Å². The van der Waals surface area contributed by atoms with Crippen molar-refractivity contribution in [2.24, 2.45) is 44.9 Å². The standard InChI is InChI=1S/C32H50N6O4/c1-19-14-21(42-26(40)18-37-25(39)17-38-28(41)22(33)8-6-13-36-29(34)35)15-20-16-24-31(4)11-7-10-30(2,3)23(31)9-12-32(24,5)27(19)20/h14-15,22-24H,6-13,16-18,33H2,1-5H3,(H,37,39)(H,38,41)(H4,34,35,36)/t22?,23-,24+,31-,32+/m0/s1. The van der Waals surface area contributed by atoms with Crippen LogP contribution in [0.5, 0.6) is 5.75 Å². The molecule has 0 aromatic heterocycles. The first kappa shape index (κ1) is 31.8. The van der Waals surface area contributed by atoms with Gasteiger partial charge in [-0.25, -0.2) is 4.79 Å². The van der Waals surface area contributed by atoms with E-state index in [1.54, 1.807) is 0 Å². The molecule has 0 bridgehead atoms. The normalized spacial score (nSPS) is 28.0. The van der Waals surface area contributed by atoms with Crippen molar-refractivity contribution in [2.75, 3.05) is 19.6 Å². The van der Waals surface area contributed by atoms with Crippen LogP contribution in [0.25, 0.3) is 0 Å². The summed E-state index contributed by atoms with van der Waals surface area (Å²) in [5, 5.41) is 4.99. The summed E-state index contributed by atoms with van der Waals surface area (Å²) in [5.74, 6) is 0.266. The van der Waals surface area contributed by atoms with Crippen molar-refractivity contribution in [2.45, 2.75) is 97.4 Å². The molecule has 2 saturated carbocycles. The number of aryl methyl sites for hydroxylation is 1. The van der Waals surface area contributed by atoms with Gasteiger partial charge < -0.3 is 32.6 Å². The first-order valence-corrected chi connectivity index (χ1v) is 15.4. The van der Waals surface area contributed by atoms with E-state index in [2.05, 4.69) is 50.2 Å². The number of hydrogen-bond acceptors (Lipinski definition) is 6. The van der Waals surface area contributed by atoms with Crippen molar-refractivity contribution in [1.29, 1.82) is 0 Å². The van der Waals surface area contributed by atoms with Gasteiger partial charge in [0, 0.05) is 6.54 Å². The van der Waals surface area contributed by atoms with E-state index in [0.717, 1.165) is 12.3 Å². The van der Waals surface area contributed by atoms with E-state index in [-0.39, 0.29) is 24.5 Å². The molecule has 3 aliphatic rings. The molecule has 2 fully saturated rings. The molecule has 0 saturated heterocycles. The van der Waals surface area contributed by atoms with Gasteiger partial charge >= 0.3 is 5.97 Å². The van der Waals surface area contributed by atoms with Gasteiger partial charge in [0.25, 0.3) is 0 Å². The quantitative estimate of drug-likeness (QED) is 0.0926. The smallest absolute Gasteiger partial charge is 0.330 e. The Morgan fingerprint density at radius 3 is 2.50 bits per heavy atom. The van der Waals surface area contributed by atoms with E-state index >= 15 is 0 Å². The average Bonchev–Trinajstić information content (AvgIpc) is 3.21. The Morgan fingerprint density at radius 1 is 1.05 bits per heavy atom. The van der Waals surface area contributed by atoms with Gasteiger partial charge in [0.15, 0.2) is 5.96 Å². The van der Waals surface area contributed by atoms with E-state index in [1.165, 1.54) is 48.8 Å². The third-order valence-electron chi connectivity index (χ3n) is 10.6. The summed E-state index contributed by atoms with van der Waals surface area (Å²) in [7, 11) is 0. The molecule has 8 N–H and O–H groups in total. The molecule has 1 aromatic carbocycles. The third-order valence-corrected chi connectivity index (χ3v) is 10.6. The van der Waals surface area contributed by atoms with Gasteiger partial charge in [-0.15, -0.1) is 0 Å². The van der Waals surface area contributed by atoms with Crippen LogP contribution >= 0.6 is 0 Å². The molecule has 1 unspecified atom stereocenters. The molecule has 0 radical (unpaired) electrons. The largest absolute Gasteiger partial charge is 0.425 e. The van der Waals surface area contributed by atoms with E-state index in [0.29, 0.717) is 41.9 Å². The lowest BCUT2D eigenvalue weighted by Gasteiger charge is -2.61. The second kappa shape index (κ2) is 12.2. The lowest BCUT2D eigenvalue weighted by molar-refractivity contribution is -0.135. The number of nitrogens with one attached hydrogen (secondary N) is 2. The average molecular weight is 583 g/mol. The fourth-order valence-electron chi connectivity index (χ4n) is 8.84. The highest BCUT2D eigenvalue weighted by atomic mass is 16.5. The Morgan fingerprint density at radius 2 is 1.79 bits per heavy atom. The minimum absolute atomic E-state index is 0.0162. The van der Waals surface area contributed by atoms with Gasteiger partial charge in [0.2, 0.25) is 11.8 Å². The van der Waals surface area contributed by atoms with E-state index < -0.39 is 23.8 Å². The van der Waals surface area contributed by atoms with Crippen LogP contribution in [0, 0.1) is 29.6 Å². The second-order valence-corrected chi connectivity index (χ2v) is 13.9. The number of rotatable bonds is 10. The third kappa shape index (κ3) is 6.43. The Bertz CT molecular complexity index is 1240. The van der Waals surface area contributed by atoms with E-state index in [1.807, 2.05) is 12.1 Å². The van der Waals surface area contributed by atoms with Crippen molar-refractivity contribution >= 4 is 23.7 Å². The number of fused-ring (bicyclic) bond motifs is 5. The maximum Gasteiger partial charge on any atom is 0.330 e. The number of hydrogen-bond donors (Lipinski definition) is 5. The Kier molecular flexibility index (Phi) is 9.25. The Balaban J connectivity index is 1.30. The molecular formula is C32H50N6O4. The summed E-state index contributed by atoms with van der Waals surface area (Å²) in [5.41, 5.74) is 21.1. The van der Waals surface area contributed by atoms with Crippen LogP contribution in [0.15, 0.2) is 17.1 Å². The molecule has 3 aliphatic carbocycles. The number of aliphatic imine (C=N–C) groups is 1. The number of amides is 2. The minimum Gasteiger partial charge on any atom is -0.425 e. The number of nitrogens with two attached hydrogens (primary N) is 3. The summed E-state index contributed by atoms with van der Waals surface area (Å²) in [6.45, 7) is 11.8. The Hall–Kier alpha value is -3.14. The highest BCUT2D eigenvalue weighted by Crippen LogP contribution is 2.67. The fourth-order valence-corrected chi connectivity index (χ4v) is 8.84. The number of carbonyl (C=O) groups is 3. The molecule has 10 nitrogen and oxygen atoms in total. The second-order valence-electron chi connectivity index (χ2n) is 13.9. The first-order chi connectivity index (χ1) is 19.7. The monoisotopic (exact) mass is 582 g/mol. The number of esters is 1. The lowest BCUT2D eigenvalue weighted by atomic mass is 9.43. The van der Waals surface area contributed by atoms with Crippen LogP contribution in [0.2, 0.25) is 0 Å². The van der Waals surface area contributed by atoms with Crippen molar-refractivity contribution < 1.29 is 19.1 Å². The topological polar surface area (TPSA) is 175 Å². The fraction of sp³-hybridized carbons (Fsp3) is 0.688. The molecule has 0 aliphatic heterocycles. The van der Waals surface area contributed by atoms with Crippen molar-refractivity contribution in [3.63, 3.8) is 0 Å². The Labute approximate surface area is 250 Å².